The van der Waals surface area contributed by atoms with Gasteiger partial charge in [-0.2, -0.15) is 0 Å². The van der Waals surface area contributed by atoms with Crippen LogP contribution in [0.2, 0.25) is 0 Å². The minimum atomic E-state index is -0.714. The average molecular weight is 443 g/mol. The van der Waals surface area contributed by atoms with E-state index < -0.39 is 11.8 Å². The fourth-order valence-corrected chi connectivity index (χ4v) is 5.44. The third-order valence-electron chi connectivity index (χ3n) is 7.13. The Morgan fingerprint density at radius 2 is 1.88 bits per heavy atom. The minimum Gasteiger partial charge on any atom is -0.466 e. The molecule has 2 saturated heterocycles. The van der Waals surface area contributed by atoms with Crippen molar-refractivity contribution in [3.63, 3.8) is 0 Å². The van der Waals surface area contributed by atoms with Crippen LogP contribution in [0.5, 0.6) is 0 Å². The lowest BCUT2D eigenvalue weighted by molar-refractivity contribution is -0.152. The van der Waals surface area contributed by atoms with Gasteiger partial charge in [0.25, 0.3) is 5.91 Å². The fourth-order valence-electron chi connectivity index (χ4n) is 5.44. The van der Waals surface area contributed by atoms with Gasteiger partial charge in [-0.05, 0) is 64.0 Å². The number of hydrogen-bond donors (Lipinski definition) is 0. The maximum atomic E-state index is 13.8. The molecule has 3 fully saturated rings. The van der Waals surface area contributed by atoms with Gasteiger partial charge >= 0.3 is 5.97 Å². The molecule has 0 aromatic heterocycles. The second kappa shape index (κ2) is 9.61. The van der Waals surface area contributed by atoms with Crippen molar-refractivity contribution in [3.8, 4) is 0 Å². The largest absolute Gasteiger partial charge is 0.466 e. The highest BCUT2D eigenvalue weighted by Crippen LogP contribution is 2.42. The summed E-state index contributed by atoms with van der Waals surface area (Å²) in [6, 6.07) is 6.85. The van der Waals surface area contributed by atoms with Gasteiger partial charge in [0.1, 0.15) is 11.8 Å². The van der Waals surface area contributed by atoms with Gasteiger partial charge < -0.3 is 14.4 Å². The van der Waals surface area contributed by atoms with Crippen LogP contribution in [0.15, 0.2) is 24.3 Å². The molecule has 0 radical (unpaired) electrons. The summed E-state index contributed by atoms with van der Waals surface area (Å²) >= 11 is 0. The van der Waals surface area contributed by atoms with E-state index in [4.69, 9.17) is 9.47 Å². The third-order valence-corrected chi connectivity index (χ3v) is 7.13. The first-order valence-corrected chi connectivity index (χ1v) is 12.0. The molecule has 4 rings (SSSR count). The maximum Gasteiger partial charge on any atom is 0.310 e. The summed E-state index contributed by atoms with van der Waals surface area (Å²) in [4.78, 5) is 43.2. The summed E-state index contributed by atoms with van der Waals surface area (Å²) < 4.78 is 11.5. The predicted molar refractivity (Wildman–Crippen MR) is 119 cm³/mol. The summed E-state index contributed by atoms with van der Waals surface area (Å²) in [5.41, 5.74) is 0.791. The van der Waals surface area contributed by atoms with Crippen LogP contribution in [0.4, 0.5) is 0 Å². The van der Waals surface area contributed by atoms with Crippen LogP contribution in [0, 0.1) is 12.8 Å². The van der Waals surface area contributed by atoms with Crippen LogP contribution in [0.3, 0.4) is 0 Å². The molecule has 0 N–H and O–H groups in total. The van der Waals surface area contributed by atoms with Crippen LogP contribution in [-0.2, 0) is 19.1 Å². The summed E-state index contributed by atoms with van der Waals surface area (Å²) in [6.07, 6.45) is 6.04. The number of benzene rings is 1. The molecule has 2 aliphatic heterocycles. The molecule has 2 atom stereocenters. The molecule has 2 unspecified atom stereocenters. The zero-order valence-electron chi connectivity index (χ0n) is 19.2. The van der Waals surface area contributed by atoms with E-state index in [1.807, 2.05) is 31.2 Å². The number of hydrogen-bond acceptors (Lipinski definition) is 5. The predicted octanol–water partition coefficient (Wildman–Crippen LogP) is 3.30. The maximum absolute atomic E-state index is 13.8. The Labute approximate surface area is 190 Å². The number of carbonyl (C=O) groups is 3. The van der Waals surface area contributed by atoms with Gasteiger partial charge in [-0.15, -0.1) is 0 Å². The number of nitrogens with zero attached hydrogens (tertiary/aromatic N) is 2. The van der Waals surface area contributed by atoms with Crippen LogP contribution in [0.25, 0.3) is 0 Å². The molecule has 1 aromatic rings. The average Bonchev–Trinajstić information content (AvgIpc) is 3.17. The number of piperidine rings is 1. The molecule has 3 aliphatic rings. The van der Waals surface area contributed by atoms with Gasteiger partial charge in [0.05, 0.1) is 19.1 Å². The Bertz CT molecular complexity index is 864. The van der Waals surface area contributed by atoms with E-state index in [0.29, 0.717) is 25.3 Å². The molecular weight excluding hydrogens is 408 g/mol. The van der Waals surface area contributed by atoms with E-state index in [1.54, 1.807) is 16.7 Å². The SMILES string of the molecule is CCOC(=O)C1CCCN(C(=O)C2COC3(CCCCC3)N2C(=O)c2ccccc2C)C1. The lowest BCUT2D eigenvalue weighted by Crippen LogP contribution is -2.58. The van der Waals surface area contributed by atoms with E-state index in [2.05, 4.69) is 0 Å². The number of amides is 2. The van der Waals surface area contributed by atoms with Gasteiger partial charge in [0.2, 0.25) is 5.91 Å². The fraction of sp³-hybridized carbons (Fsp3) is 0.640. The van der Waals surface area contributed by atoms with Crippen LogP contribution < -0.4 is 0 Å². The van der Waals surface area contributed by atoms with Crippen molar-refractivity contribution in [3.05, 3.63) is 35.4 Å². The molecule has 1 aromatic carbocycles. The van der Waals surface area contributed by atoms with Crippen molar-refractivity contribution in [1.29, 1.82) is 0 Å². The van der Waals surface area contributed by atoms with Gasteiger partial charge in [0.15, 0.2) is 0 Å². The lowest BCUT2D eigenvalue weighted by Gasteiger charge is -2.42. The summed E-state index contributed by atoms with van der Waals surface area (Å²) in [6.45, 7) is 5.18. The Morgan fingerprint density at radius 3 is 2.59 bits per heavy atom. The first-order chi connectivity index (χ1) is 15.5. The van der Waals surface area contributed by atoms with Crippen molar-refractivity contribution >= 4 is 17.8 Å². The number of ether oxygens (including phenoxy) is 2. The Balaban J connectivity index is 1.60. The molecule has 0 bridgehead atoms. The molecule has 1 saturated carbocycles. The minimum absolute atomic E-state index is 0.122. The first kappa shape index (κ1) is 22.8. The van der Waals surface area contributed by atoms with Crippen LogP contribution in [0.1, 0.15) is 67.8 Å². The zero-order chi connectivity index (χ0) is 22.7. The number of carbonyl (C=O) groups excluding carboxylic acids is 3. The zero-order valence-corrected chi connectivity index (χ0v) is 19.2. The molecule has 7 heteroatoms. The van der Waals surface area contributed by atoms with Gasteiger partial charge in [-0.3, -0.25) is 19.3 Å². The highest BCUT2D eigenvalue weighted by Gasteiger charge is 2.54. The van der Waals surface area contributed by atoms with Gasteiger partial charge in [0, 0.05) is 18.7 Å². The van der Waals surface area contributed by atoms with Crippen LogP contribution >= 0.6 is 0 Å². The summed E-state index contributed by atoms with van der Waals surface area (Å²) in [5, 5.41) is 0. The molecule has 2 amide bonds. The summed E-state index contributed by atoms with van der Waals surface area (Å²) in [7, 11) is 0. The molecular formula is C25H34N2O5. The smallest absolute Gasteiger partial charge is 0.310 e. The number of aryl methyl sites for hydroxylation is 1. The third kappa shape index (κ3) is 4.27. The van der Waals surface area contributed by atoms with E-state index in [0.717, 1.165) is 50.5 Å². The van der Waals surface area contributed by atoms with Crippen molar-refractivity contribution in [2.24, 2.45) is 5.92 Å². The normalized spacial score (nSPS) is 25.1. The van der Waals surface area contributed by atoms with Crippen molar-refractivity contribution < 1.29 is 23.9 Å². The second-order valence-electron chi connectivity index (χ2n) is 9.20. The highest BCUT2D eigenvalue weighted by molar-refractivity contribution is 5.99. The molecule has 1 spiro atoms. The van der Waals surface area contributed by atoms with Crippen molar-refractivity contribution in [1.82, 2.24) is 9.80 Å². The van der Waals surface area contributed by atoms with E-state index in [1.165, 1.54) is 0 Å². The van der Waals surface area contributed by atoms with Gasteiger partial charge in [-0.1, -0.05) is 24.6 Å². The van der Waals surface area contributed by atoms with Crippen molar-refractivity contribution in [2.45, 2.75) is 70.6 Å². The second-order valence-corrected chi connectivity index (χ2v) is 9.20. The lowest BCUT2D eigenvalue weighted by atomic mass is 9.89. The van der Waals surface area contributed by atoms with Crippen LogP contribution in [-0.4, -0.2) is 65.7 Å². The molecule has 174 valence electrons. The Hall–Kier alpha value is -2.41. The topological polar surface area (TPSA) is 76.2 Å². The van der Waals surface area contributed by atoms with Gasteiger partial charge in [-0.25, -0.2) is 0 Å². The van der Waals surface area contributed by atoms with E-state index >= 15 is 0 Å². The van der Waals surface area contributed by atoms with Crippen molar-refractivity contribution in [2.75, 3.05) is 26.3 Å². The quantitative estimate of drug-likeness (QED) is 0.669. The first-order valence-electron chi connectivity index (χ1n) is 12.0. The van der Waals surface area contributed by atoms with E-state index in [-0.39, 0.29) is 30.3 Å². The Kier molecular flexibility index (Phi) is 6.84. The number of likely N-dealkylation sites (tertiary alicyclic amines) is 1. The highest BCUT2D eigenvalue weighted by atomic mass is 16.5. The molecule has 32 heavy (non-hydrogen) atoms. The molecule has 7 nitrogen and oxygen atoms in total. The molecule has 1 aliphatic carbocycles. The standard InChI is InChI=1S/C25H34N2O5/c1-3-31-24(30)19-11-9-15-26(16-19)23(29)21-17-32-25(13-7-4-8-14-25)27(21)22(28)20-12-6-5-10-18(20)2/h5-6,10,12,19,21H,3-4,7-9,11,13-17H2,1-2H3. The Morgan fingerprint density at radius 1 is 1.12 bits per heavy atom. The summed E-state index contributed by atoms with van der Waals surface area (Å²) in [5.74, 6) is -0.813. The monoisotopic (exact) mass is 442 g/mol. The van der Waals surface area contributed by atoms with E-state index in [9.17, 15) is 14.4 Å². The molecule has 2 heterocycles. The number of rotatable bonds is 4. The number of esters is 1.